The number of benzene rings is 2. The van der Waals surface area contributed by atoms with Gasteiger partial charge in [-0.25, -0.2) is 12.7 Å². The average molecular weight is 417 g/mol. The van der Waals surface area contributed by atoms with Gasteiger partial charge in [-0.1, -0.05) is 0 Å². The number of rotatable bonds is 7. The summed E-state index contributed by atoms with van der Waals surface area (Å²) in [6.45, 7) is 3.25. The zero-order chi connectivity index (χ0) is 21.8. The molecule has 0 aliphatic carbocycles. The number of sulfonamides is 1. The largest absolute Gasteiger partial charge is 0.493 e. The molecule has 29 heavy (non-hydrogen) atoms. The molecule has 0 aromatic heterocycles. The van der Waals surface area contributed by atoms with Gasteiger partial charge in [-0.05, 0) is 49.2 Å². The minimum Gasteiger partial charge on any atom is -0.493 e. The molecule has 2 aromatic carbocycles. The molecule has 8 nitrogen and oxygen atoms in total. The van der Waals surface area contributed by atoms with E-state index in [1.54, 1.807) is 32.0 Å². The summed E-state index contributed by atoms with van der Waals surface area (Å²) in [5.41, 5.74) is 2.29. The average Bonchev–Trinajstić information content (AvgIpc) is 2.69. The highest BCUT2D eigenvalue weighted by Gasteiger charge is 2.20. The molecule has 2 rings (SSSR count). The van der Waals surface area contributed by atoms with Crippen LogP contribution in [-0.2, 0) is 14.8 Å². The highest BCUT2D eigenvalue weighted by atomic mass is 32.2. The third-order valence-corrected chi connectivity index (χ3v) is 6.14. The van der Waals surface area contributed by atoms with Crippen molar-refractivity contribution in [2.45, 2.75) is 18.7 Å². The highest BCUT2D eigenvalue weighted by molar-refractivity contribution is 7.89. The molecule has 2 aromatic rings. The third-order valence-electron chi connectivity index (χ3n) is 4.35. The van der Waals surface area contributed by atoms with E-state index in [-0.39, 0.29) is 11.5 Å². The van der Waals surface area contributed by atoms with Crippen LogP contribution in [-0.4, -0.2) is 46.4 Å². The van der Waals surface area contributed by atoms with Crippen molar-refractivity contribution in [3.63, 3.8) is 0 Å². The fraction of sp³-hybridized carbons (Fsp3) is 0.300. The van der Waals surface area contributed by atoms with E-state index in [9.17, 15) is 13.2 Å². The number of amides is 1. The van der Waals surface area contributed by atoms with Crippen LogP contribution in [0.1, 0.15) is 16.7 Å². The van der Waals surface area contributed by atoms with Crippen LogP contribution in [0.4, 0.5) is 5.69 Å². The normalized spacial score (nSPS) is 11.1. The number of nitriles is 1. The Hall–Kier alpha value is -3.09. The molecular weight excluding hydrogens is 394 g/mol. The minimum absolute atomic E-state index is 0.0931. The van der Waals surface area contributed by atoms with Gasteiger partial charge in [0.25, 0.3) is 5.91 Å². The molecule has 9 heteroatoms. The van der Waals surface area contributed by atoms with Crippen LogP contribution >= 0.6 is 0 Å². The maximum Gasteiger partial charge on any atom is 0.262 e. The summed E-state index contributed by atoms with van der Waals surface area (Å²) in [5, 5.41) is 11.6. The Bertz CT molecular complexity index is 1070. The fourth-order valence-electron chi connectivity index (χ4n) is 2.50. The van der Waals surface area contributed by atoms with Crippen LogP contribution < -0.4 is 14.8 Å². The zero-order valence-electron chi connectivity index (χ0n) is 16.9. The molecule has 0 fully saturated rings. The molecule has 0 saturated carbocycles. The molecule has 0 saturated heterocycles. The van der Waals surface area contributed by atoms with E-state index in [1.807, 2.05) is 6.07 Å². The lowest BCUT2D eigenvalue weighted by Gasteiger charge is -2.17. The number of methoxy groups -OCH3 is 1. The minimum atomic E-state index is -3.64. The van der Waals surface area contributed by atoms with Gasteiger partial charge < -0.3 is 14.8 Å². The first-order valence-corrected chi connectivity index (χ1v) is 10.1. The molecule has 1 amide bonds. The van der Waals surface area contributed by atoms with Gasteiger partial charge in [0.1, 0.15) is 0 Å². The Balaban J connectivity index is 2.19. The molecule has 0 bridgehead atoms. The molecule has 0 aliphatic rings. The van der Waals surface area contributed by atoms with Crippen LogP contribution in [0.25, 0.3) is 0 Å². The highest BCUT2D eigenvalue weighted by Crippen LogP contribution is 2.28. The SMILES string of the molecule is COc1cc(C#N)ccc1OCC(=O)Nc1cc(S(=O)(=O)N(C)C)cc(C)c1C. The van der Waals surface area contributed by atoms with E-state index in [1.165, 1.54) is 33.3 Å². The number of nitrogens with zero attached hydrogens (tertiary/aromatic N) is 2. The molecular formula is C20H23N3O5S. The van der Waals surface area contributed by atoms with E-state index in [0.717, 1.165) is 15.4 Å². The maximum atomic E-state index is 12.4. The van der Waals surface area contributed by atoms with Gasteiger partial charge in [-0.2, -0.15) is 5.26 Å². The predicted molar refractivity (Wildman–Crippen MR) is 109 cm³/mol. The zero-order valence-corrected chi connectivity index (χ0v) is 17.8. The van der Waals surface area contributed by atoms with E-state index in [0.29, 0.717) is 22.7 Å². The molecule has 0 atom stereocenters. The Morgan fingerprint density at radius 3 is 2.45 bits per heavy atom. The first-order chi connectivity index (χ1) is 13.6. The number of nitrogens with one attached hydrogen (secondary N) is 1. The van der Waals surface area contributed by atoms with Crippen molar-refractivity contribution in [3.05, 3.63) is 47.0 Å². The van der Waals surface area contributed by atoms with Crippen molar-refractivity contribution in [2.75, 3.05) is 33.1 Å². The molecule has 0 spiro atoms. The standard InChI is InChI=1S/C20H23N3O5S/c1-13-8-16(29(25,26)23(3)4)10-17(14(13)2)22-20(24)12-28-18-7-6-15(11-21)9-19(18)27-5/h6-10H,12H2,1-5H3,(H,22,24). The van der Waals surface area contributed by atoms with Gasteiger partial charge in [0.05, 0.1) is 23.6 Å². The molecule has 0 radical (unpaired) electrons. The van der Waals surface area contributed by atoms with Crippen molar-refractivity contribution >= 4 is 21.6 Å². The number of ether oxygens (including phenoxy) is 2. The maximum absolute atomic E-state index is 12.4. The first-order valence-electron chi connectivity index (χ1n) is 8.64. The van der Waals surface area contributed by atoms with Crippen LogP contribution in [0.2, 0.25) is 0 Å². The molecule has 1 N–H and O–H groups in total. The summed E-state index contributed by atoms with van der Waals surface area (Å²) >= 11 is 0. The number of hydrogen-bond donors (Lipinski definition) is 1. The second kappa shape index (κ2) is 8.94. The lowest BCUT2D eigenvalue weighted by atomic mass is 10.1. The Morgan fingerprint density at radius 1 is 1.17 bits per heavy atom. The van der Waals surface area contributed by atoms with Crippen molar-refractivity contribution < 1.29 is 22.7 Å². The Kier molecular flexibility index (Phi) is 6.84. The number of carbonyl (C=O) groups excluding carboxylic acids is 1. The smallest absolute Gasteiger partial charge is 0.262 e. The predicted octanol–water partition coefficient (Wildman–Crippen LogP) is 2.45. The summed E-state index contributed by atoms with van der Waals surface area (Å²) in [4.78, 5) is 12.5. The molecule has 0 heterocycles. The topological polar surface area (TPSA) is 109 Å². The number of aryl methyl sites for hydroxylation is 1. The van der Waals surface area contributed by atoms with Crippen LogP contribution in [0.15, 0.2) is 35.2 Å². The van der Waals surface area contributed by atoms with E-state index >= 15 is 0 Å². The van der Waals surface area contributed by atoms with Gasteiger partial charge in [-0.15, -0.1) is 0 Å². The summed E-state index contributed by atoms with van der Waals surface area (Å²) < 4.78 is 36.6. The number of anilines is 1. The molecule has 154 valence electrons. The fourth-order valence-corrected chi connectivity index (χ4v) is 3.52. The number of carbonyl (C=O) groups is 1. The quantitative estimate of drug-likeness (QED) is 0.741. The van der Waals surface area contributed by atoms with Gasteiger partial charge >= 0.3 is 0 Å². The Morgan fingerprint density at radius 2 is 1.86 bits per heavy atom. The summed E-state index contributed by atoms with van der Waals surface area (Å²) in [5.74, 6) is 0.194. The van der Waals surface area contributed by atoms with Crippen molar-refractivity contribution in [2.24, 2.45) is 0 Å². The van der Waals surface area contributed by atoms with Crippen molar-refractivity contribution in [1.82, 2.24) is 4.31 Å². The van der Waals surface area contributed by atoms with Gasteiger partial charge in [0, 0.05) is 25.8 Å². The molecule has 0 aliphatic heterocycles. The summed E-state index contributed by atoms with van der Waals surface area (Å²) in [6, 6.07) is 9.60. The lowest BCUT2D eigenvalue weighted by molar-refractivity contribution is -0.118. The van der Waals surface area contributed by atoms with Crippen molar-refractivity contribution in [3.8, 4) is 17.6 Å². The monoisotopic (exact) mass is 417 g/mol. The van der Waals surface area contributed by atoms with Crippen LogP contribution in [0.3, 0.4) is 0 Å². The van der Waals surface area contributed by atoms with E-state index in [2.05, 4.69) is 5.32 Å². The Labute approximate surface area is 170 Å². The van der Waals surface area contributed by atoms with Crippen molar-refractivity contribution in [1.29, 1.82) is 5.26 Å². The summed E-state index contributed by atoms with van der Waals surface area (Å²) in [7, 11) is 0.691. The lowest BCUT2D eigenvalue weighted by Crippen LogP contribution is -2.24. The summed E-state index contributed by atoms with van der Waals surface area (Å²) in [6.07, 6.45) is 0. The van der Waals surface area contributed by atoms with Gasteiger partial charge in [0.2, 0.25) is 10.0 Å². The van der Waals surface area contributed by atoms with Crippen LogP contribution in [0, 0.1) is 25.2 Å². The van der Waals surface area contributed by atoms with Gasteiger partial charge in [-0.3, -0.25) is 4.79 Å². The second-order valence-corrected chi connectivity index (χ2v) is 8.67. The van der Waals surface area contributed by atoms with Gasteiger partial charge in [0.15, 0.2) is 18.1 Å². The molecule has 0 unspecified atom stereocenters. The van der Waals surface area contributed by atoms with Crippen LogP contribution in [0.5, 0.6) is 11.5 Å². The second-order valence-electron chi connectivity index (χ2n) is 6.51. The van der Waals surface area contributed by atoms with E-state index in [4.69, 9.17) is 14.7 Å². The third kappa shape index (κ3) is 5.04. The van der Waals surface area contributed by atoms with E-state index < -0.39 is 15.9 Å². The first kappa shape index (κ1) is 22.2. The number of hydrogen-bond acceptors (Lipinski definition) is 6.